The van der Waals surface area contributed by atoms with Gasteiger partial charge in [0.15, 0.2) is 0 Å². The maximum Gasteiger partial charge on any atom is 0.333 e. The molecule has 0 heterocycles. The van der Waals surface area contributed by atoms with Crippen LogP contribution in [0, 0.1) is 5.92 Å². The fraction of sp³-hybridized carbons (Fsp3) is 0.824. The summed E-state index contributed by atoms with van der Waals surface area (Å²) in [6.07, 6.45) is 11.0. The van der Waals surface area contributed by atoms with Crippen LogP contribution in [0.3, 0.4) is 0 Å². The van der Waals surface area contributed by atoms with E-state index in [-0.39, 0.29) is 5.97 Å². The maximum atomic E-state index is 11.3. The van der Waals surface area contributed by atoms with Gasteiger partial charge >= 0.3 is 5.97 Å². The lowest BCUT2D eigenvalue weighted by molar-refractivity contribution is -0.138. The number of esters is 1. The van der Waals surface area contributed by atoms with Gasteiger partial charge in [0.05, 0.1) is 6.61 Å². The van der Waals surface area contributed by atoms with Gasteiger partial charge in [-0.15, -0.1) is 0 Å². The molecule has 0 aromatic carbocycles. The van der Waals surface area contributed by atoms with E-state index in [1.807, 2.05) is 6.92 Å². The molecule has 0 aliphatic carbocycles. The molecule has 1 atom stereocenters. The van der Waals surface area contributed by atoms with Crippen molar-refractivity contribution >= 4 is 5.97 Å². The molecule has 0 saturated carbocycles. The van der Waals surface area contributed by atoms with Crippen molar-refractivity contribution in [2.24, 2.45) is 5.92 Å². The quantitative estimate of drug-likeness (QED) is 0.274. The third-order valence-corrected chi connectivity index (χ3v) is 3.69. The van der Waals surface area contributed by atoms with E-state index in [9.17, 15) is 4.79 Å². The zero-order valence-electron chi connectivity index (χ0n) is 13.2. The van der Waals surface area contributed by atoms with Gasteiger partial charge in [-0.25, -0.2) is 4.79 Å². The van der Waals surface area contributed by atoms with Crippen LogP contribution in [0.5, 0.6) is 0 Å². The van der Waals surface area contributed by atoms with Gasteiger partial charge < -0.3 is 4.74 Å². The number of hydrogen-bond donors (Lipinski definition) is 0. The van der Waals surface area contributed by atoms with E-state index in [0.717, 1.165) is 18.8 Å². The van der Waals surface area contributed by atoms with Gasteiger partial charge in [0.1, 0.15) is 0 Å². The molecule has 2 nitrogen and oxygen atoms in total. The first-order chi connectivity index (χ1) is 9.11. The third-order valence-electron chi connectivity index (χ3n) is 3.69. The Kier molecular flexibility index (Phi) is 11.7. The Bertz CT molecular complexity index is 246. The lowest BCUT2D eigenvalue weighted by Gasteiger charge is -2.07. The van der Waals surface area contributed by atoms with Crippen molar-refractivity contribution in [1.29, 1.82) is 0 Å². The van der Waals surface area contributed by atoms with Crippen molar-refractivity contribution in [3.05, 3.63) is 12.2 Å². The summed E-state index contributed by atoms with van der Waals surface area (Å²) in [5.74, 6) is 0.656. The average Bonchev–Trinajstić information content (AvgIpc) is 2.41. The highest BCUT2D eigenvalue weighted by Crippen LogP contribution is 2.15. The topological polar surface area (TPSA) is 26.3 Å². The van der Waals surface area contributed by atoms with E-state index in [4.69, 9.17) is 4.74 Å². The highest BCUT2D eigenvalue weighted by atomic mass is 16.5. The summed E-state index contributed by atoms with van der Waals surface area (Å²) in [4.78, 5) is 11.3. The molecule has 0 aliphatic rings. The smallest absolute Gasteiger partial charge is 0.333 e. The summed E-state index contributed by atoms with van der Waals surface area (Å²) in [6.45, 7) is 10.6. The number of carbonyl (C=O) groups excluding carboxylic acids is 1. The van der Waals surface area contributed by atoms with Crippen LogP contribution in [0.15, 0.2) is 12.2 Å². The van der Waals surface area contributed by atoms with Crippen LogP contribution in [0.1, 0.15) is 78.6 Å². The van der Waals surface area contributed by atoms with Crippen LogP contribution < -0.4 is 0 Å². The summed E-state index contributed by atoms with van der Waals surface area (Å²) in [6, 6.07) is 0. The summed E-state index contributed by atoms with van der Waals surface area (Å²) < 4.78 is 4.91. The first-order valence-corrected chi connectivity index (χ1v) is 7.96. The molecule has 0 spiro atoms. The van der Waals surface area contributed by atoms with Crippen LogP contribution in [-0.4, -0.2) is 12.6 Å². The van der Waals surface area contributed by atoms with Gasteiger partial charge in [0.2, 0.25) is 0 Å². The summed E-state index contributed by atoms with van der Waals surface area (Å²) >= 11 is 0. The molecule has 0 N–H and O–H groups in total. The first kappa shape index (κ1) is 18.2. The van der Waals surface area contributed by atoms with Crippen molar-refractivity contribution < 1.29 is 9.53 Å². The second kappa shape index (κ2) is 12.3. The molecule has 19 heavy (non-hydrogen) atoms. The second-order valence-corrected chi connectivity index (χ2v) is 5.50. The summed E-state index contributed by atoms with van der Waals surface area (Å²) in [7, 11) is 0. The van der Waals surface area contributed by atoms with Crippen molar-refractivity contribution in [3.8, 4) is 0 Å². The predicted molar refractivity (Wildman–Crippen MR) is 82.2 cm³/mol. The number of unbranched alkanes of at least 4 members (excludes halogenated alkanes) is 5. The zero-order chi connectivity index (χ0) is 14.5. The van der Waals surface area contributed by atoms with E-state index >= 15 is 0 Å². The molecule has 0 fully saturated rings. The van der Waals surface area contributed by atoms with Gasteiger partial charge in [0, 0.05) is 5.57 Å². The molecule has 0 radical (unpaired) electrons. The van der Waals surface area contributed by atoms with Gasteiger partial charge in [-0.2, -0.15) is 0 Å². The van der Waals surface area contributed by atoms with E-state index in [2.05, 4.69) is 20.4 Å². The van der Waals surface area contributed by atoms with Crippen molar-refractivity contribution in [1.82, 2.24) is 0 Å². The second-order valence-electron chi connectivity index (χ2n) is 5.50. The van der Waals surface area contributed by atoms with Crippen LogP contribution >= 0.6 is 0 Å². The van der Waals surface area contributed by atoms with Crippen LogP contribution in [0.2, 0.25) is 0 Å². The van der Waals surface area contributed by atoms with Gasteiger partial charge in [-0.3, -0.25) is 0 Å². The molecule has 0 rings (SSSR count). The van der Waals surface area contributed by atoms with Crippen molar-refractivity contribution in [3.63, 3.8) is 0 Å². The van der Waals surface area contributed by atoms with Gasteiger partial charge in [-0.05, 0) is 25.7 Å². The Balaban J connectivity index is 3.31. The fourth-order valence-corrected chi connectivity index (χ4v) is 2.08. The van der Waals surface area contributed by atoms with E-state index in [0.29, 0.717) is 12.2 Å². The molecule has 2 heteroatoms. The minimum atomic E-state index is -0.226. The Morgan fingerprint density at radius 1 is 1.05 bits per heavy atom. The van der Waals surface area contributed by atoms with E-state index in [1.54, 1.807) is 0 Å². The monoisotopic (exact) mass is 268 g/mol. The molecule has 0 saturated heterocycles. The van der Waals surface area contributed by atoms with Crippen molar-refractivity contribution in [2.75, 3.05) is 6.61 Å². The summed E-state index contributed by atoms with van der Waals surface area (Å²) in [5.41, 5.74) is 0.624. The molecular formula is C17H32O2. The normalized spacial score (nSPS) is 12.2. The molecule has 1 unspecified atom stereocenters. The number of carbonyl (C=O) groups is 1. The molecule has 0 aliphatic heterocycles. The van der Waals surface area contributed by atoms with Gasteiger partial charge in [-0.1, -0.05) is 65.4 Å². The zero-order valence-corrected chi connectivity index (χ0v) is 13.2. The molecule has 0 aromatic rings. The predicted octanol–water partition coefficient (Wildman–Crippen LogP) is 5.27. The van der Waals surface area contributed by atoms with Crippen LogP contribution in [0.25, 0.3) is 0 Å². The van der Waals surface area contributed by atoms with E-state index in [1.165, 1.54) is 44.9 Å². The van der Waals surface area contributed by atoms with Crippen LogP contribution in [-0.2, 0) is 9.53 Å². The molecular weight excluding hydrogens is 236 g/mol. The highest BCUT2D eigenvalue weighted by Gasteiger charge is 2.06. The number of rotatable bonds is 12. The number of hydrogen-bond acceptors (Lipinski definition) is 2. The van der Waals surface area contributed by atoms with E-state index < -0.39 is 0 Å². The van der Waals surface area contributed by atoms with Crippen molar-refractivity contribution in [2.45, 2.75) is 78.6 Å². The van der Waals surface area contributed by atoms with Gasteiger partial charge in [0.25, 0.3) is 0 Å². The molecule has 112 valence electrons. The highest BCUT2D eigenvalue weighted by molar-refractivity contribution is 5.87. The maximum absolute atomic E-state index is 11.3. The lowest BCUT2D eigenvalue weighted by atomic mass is 9.99. The minimum Gasteiger partial charge on any atom is -0.463 e. The Morgan fingerprint density at radius 3 is 2.21 bits per heavy atom. The SMILES string of the molecule is C=C(CCCCCCCCC(C)CC)C(=O)OCC. The Hall–Kier alpha value is -0.790. The Morgan fingerprint density at radius 2 is 1.63 bits per heavy atom. The minimum absolute atomic E-state index is 0.226. The Labute approximate surface area is 119 Å². The molecule has 0 bridgehead atoms. The molecule has 0 amide bonds. The first-order valence-electron chi connectivity index (χ1n) is 7.96. The average molecular weight is 268 g/mol. The number of ether oxygens (including phenoxy) is 1. The fourth-order valence-electron chi connectivity index (χ4n) is 2.08. The summed E-state index contributed by atoms with van der Waals surface area (Å²) in [5, 5.41) is 0. The lowest BCUT2D eigenvalue weighted by Crippen LogP contribution is -2.06. The van der Waals surface area contributed by atoms with Crippen LogP contribution in [0.4, 0.5) is 0 Å². The standard InChI is InChI=1S/C17H32O2/c1-5-15(3)13-11-9-7-8-10-12-14-16(4)17(18)19-6-2/h15H,4-14H2,1-3H3. The molecule has 0 aromatic heterocycles. The largest absolute Gasteiger partial charge is 0.463 e. The third kappa shape index (κ3) is 10.8.